The van der Waals surface area contributed by atoms with E-state index in [4.69, 9.17) is 0 Å². The van der Waals surface area contributed by atoms with Crippen molar-refractivity contribution in [3.8, 4) is 0 Å². The van der Waals surface area contributed by atoms with Crippen molar-refractivity contribution in [1.29, 1.82) is 0 Å². The SMILES string of the molecule is CC1(CNCc2ccc3[nH]ccc3c2)CCC1. The summed E-state index contributed by atoms with van der Waals surface area (Å²) in [6.07, 6.45) is 6.18. The van der Waals surface area contributed by atoms with Crippen LogP contribution in [0.25, 0.3) is 10.9 Å². The van der Waals surface area contributed by atoms with E-state index in [9.17, 15) is 0 Å². The largest absolute Gasteiger partial charge is 0.361 e. The Balaban J connectivity index is 1.60. The predicted octanol–water partition coefficient (Wildman–Crippen LogP) is 3.45. The first-order valence-corrected chi connectivity index (χ1v) is 6.52. The molecule has 0 spiro atoms. The van der Waals surface area contributed by atoms with Gasteiger partial charge in [0.2, 0.25) is 0 Å². The third kappa shape index (κ3) is 2.22. The van der Waals surface area contributed by atoms with Crippen molar-refractivity contribution in [2.45, 2.75) is 32.7 Å². The molecule has 0 unspecified atom stereocenters. The highest BCUT2D eigenvalue weighted by atomic mass is 14.9. The molecule has 1 saturated carbocycles. The fourth-order valence-corrected chi connectivity index (χ4v) is 2.68. The van der Waals surface area contributed by atoms with Gasteiger partial charge in [-0.25, -0.2) is 0 Å². The molecule has 17 heavy (non-hydrogen) atoms. The minimum Gasteiger partial charge on any atom is -0.361 e. The first-order chi connectivity index (χ1) is 8.25. The maximum Gasteiger partial charge on any atom is 0.0454 e. The molecule has 0 atom stereocenters. The molecular weight excluding hydrogens is 208 g/mol. The second-order valence-electron chi connectivity index (χ2n) is 5.67. The van der Waals surface area contributed by atoms with Gasteiger partial charge in [-0.05, 0) is 47.4 Å². The summed E-state index contributed by atoms with van der Waals surface area (Å²) in [5.41, 5.74) is 3.16. The van der Waals surface area contributed by atoms with Crippen LogP contribution < -0.4 is 5.32 Å². The van der Waals surface area contributed by atoms with Crippen molar-refractivity contribution >= 4 is 10.9 Å². The number of fused-ring (bicyclic) bond motifs is 1. The number of nitrogens with one attached hydrogen (secondary N) is 2. The molecule has 0 amide bonds. The molecule has 2 N–H and O–H groups in total. The third-order valence-corrected chi connectivity index (χ3v) is 4.06. The van der Waals surface area contributed by atoms with Gasteiger partial charge in [0.1, 0.15) is 0 Å². The average molecular weight is 228 g/mol. The van der Waals surface area contributed by atoms with E-state index in [0.29, 0.717) is 5.41 Å². The van der Waals surface area contributed by atoms with Gasteiger partial charge in [-0.15, -0.1) is 0 Å². The summed E-state index contributed by atoms with van der Waals surface area (Å²) >= 11 is 0. The molecule has 3 rings (SSSR count). The van der Waals surface area contributed by atoms with E-state index in [0.717, 1.165) is 13.1 Å². The predicted molar refractivity (Wildman–Crippen MR) is 72.0 cm³/mol. The third-order valence-electron chi connectivity index (χ3n) is 4.06. The van der Waals surface area contributed by atoms with Gasteiger partial charge in [-0.3, -0.25) is 0 Å². The molecule has 1 aromatic heterocycles. The Morgan fingerprint density at radius 1 is 1.29 bits per heavy atom. The van der Waals surface area contributed by atoms with Gasteiger partial charge in [-0.2, -0.15) is 0 Å². The Morgan fingerprint density at radius 2 is 2.18 bits per heavy atom. The van der Waals surface area contributed by atoms with Crippen molar-refractivity contribution in [3.63, 3.8) is 0 Å². The zero-order chi connectivity index (χ0) is 11.7. The van der Waals surface area contributed by atoms with Gasteiger partial charge in [-0.1, -0.05) is 19.4 Å². The van der Waals surface area contributed by atoms with Gasteiger partial charge >= 0.3 is 0 Å². The summed E-state index contributed by atoms with van der Waals surface area (Å²) in [6, 6.07) is 8.76. The molecule has 1 heterocycles. The lowest BCUT2D eigenvalue weighted by atomic mass is 9.70. The van der Waals surface area contributed by atoms with Crippen molar-refractivity contribution in [2.24, 2.45) is 5.41 Å². The smallest absolute Gasteiger partial charge is 0.0454 e. The van der Waals surface area contributed by atoms with Gasteiger partial charge < -0.3 is 10.3 Å². The van der Waals surface area contributed by atoms with Crippen molar-refractivity contribution in [2.75, 3.05) is 6.54 Å². The number of aromatic nitrogens is 1. The Hall–Kier alpha value is -1.28. The van der Waals surface area contributed by atoms with Crippen LogP contribution >= 0.6 is 0 Å². The first-order valence-electron chi connectivity index (χ1n) is 6.52. The van der Waals surface area contributed by atoms with Gasteiger partial charge in [0.15, 0.2) is 0 Å². The van der Waals surface area contributed by atoms with E-state index >= 15 is 0 Å². The van der Waals surface area contributed by atoms with Crippen molar-refractivity contribution in [1.82, 2.24) is 10.3 Å². The molecule has 2 heteroatoms. The van der Waals surface area contributed by atoms with Gasteiger partial charge in [0, 0.05) is 24.8 Å². The van der Waals surface area contributed by atoms with Crippen molar-refractivity contribution < 1.29 is 0 Å². The quantitative estimate of drug-likeness (QED) is 0.824. The van der Waals surface area contributed by atoms with Crippen molar-refractivity contribution in [3.05, 3.63) is 36.0 Å². The number of hydrogen-bond acceptors (Lipinski definition) is 1. The van der Waals surface area contributed by atoms with Gasteiger partial charge in [0.25, 0.3) is 0 Å². The van der Waals surface area contributed by atoms with Crippen LogP contribution in [0.3, 0.4) is 0 Å². The second-order valence-corrected chi connectivity index (χ2v) is 5.67. The molecule has 0 aliphatic heterocycles. The lowest BCUT2D eigenvalue weighted by Crippen LogP contribution is -2.36. The number of benzene rings is 1. The van der Waals surface area contributed by atoms with Crippen LogP contribution in [0.1, 0.15) is 31.7 Å². The minimum atomic E-state index is 0.568. The maximum absolute atomic E-state index is 3.59. The summed E-state index contributed by atoms with van der Waals surface area (Å²) < 4.78 is 0. The Morgan fingerprint density at radius 3 is 2.94 bits per heavy atom. The molecule has 1 aliphatic carbocycles. The molecular formula is C15H20N2. The van der Waals surface area contributed by atoms with Crippen LogP contribution in [0.2, 0.25) is 0 Å². The van der Waals surface area contributed by atoms with Crippen LogP contribution in [-0.4, -0.2) is 11.5 Å². The van der Waals surface area contributed by atoms with E-state index in [1.54, 1.807) is 0 Å². The first kappa shape index (κ1) is 10.8. The number of hydrogen-bond donors (Lipinski definition) is 2. The van der Waals surface area contributed by atoms with E-state index in [1.165, 1.54) is 35.7 Å². The standard InChI is InChI=1S/C15H20N2/c1-15(6-2-7-15)11-16-10-12-3-4-14-13(9-12)5-8-17-14/h3-5,8-9,16-17H,2,6-7,10-11H2,1H3. The summed E-state index contributed by atoms with van der Waals surface area (Å²) in [6.45, 7) is 4.52. The monoisotopic (exact) mass is 228 g/mol. The molecule has 0 saturated heterocycles. The zero-order valence-corrected chi connectivity index (χ0v) is 10.4. The highest BCUT2D eigenvalue weighted by molar-refractivity contribution is 5.79. The molecule has 90 valence electrons. The zero-order valence-electron chi connectivity index (χ0n) is 10.4. The van der Waals surface area contributed by atoms with Gasteiger partial charge in [0.05, 0.1) is 0 Å². The van der Waals surface area contributed by atoms with Crippen LogP contribution in [-0.2, 0) is 6.54 Å². The Kier molecular flexibility index (Phi) is 2.67. The lowest BCUT2D eigenvalue weighted by molar-refractivity contribution is 0.156. The topological polar surface area (TPSA) is 27.8 Å². The molecule has 0 bridgehead atoms. The van der Waals surface area contributed by atoms with E-state index in [1.807, 2.05) is 6.20 Å². The molecule has 0 radical (unpaired) electrons. The molecule has 1 aromatic carbocycles. The van der Waals surface area contributed by atoms with E-state index in [2.05, 4.69) is 41.5 Å². The van der Waals surface area contributed by atoms with Crippen LogP contribution in [0.5, 0.6) is 0 Å². The maximum atomic E-state index is 3.59. The summed E-state index contributed by atoms with van der Waals surface area (Å²) in [5.74, 6) is 0. The highest BCUT2D eigenvalue weighted by Gasteiger charge is 2.30. The normalized spacial score (nSPS) is 18.2. The second kappa shape index (κ2) is 4.19. The van der Waals surface area contributed by atoms with Crippen LogP contribution in [0.15, 0.2) is 30.5 Å². The van der Waals surface area contributed by atoms with Crippen LogP contribution in [0, 0.1) is 5.41 Å². The summed E-state index contributed by atoms with van der Waals surface area (Å²) in [5, 5.41) is 4.90. The lowest BCUT2D eigenvalue weighted by Gasteiger charge is -2.38. The number of aromatic amines is 1. The minimum absolute atomic E-state index is 0.568. The average Bonchev–Trinajstić information content (AvgIpc) is 2.74. The molecule has 1 fully saturated rings. The molecule has 2 nitrogen and oxygen atoms in total. The fourth-order valence-electron chi connectivity index (χ4n) is 2.68. The fraction of sp³-hybridized carbons (Fsp3) is 0.467. The molecule has 2 aromatic rings. The number of rotatable bonds is 4. The summed E-state index contributed by atoms with van der Waals surface area (Å²) in [7, 11) is 0. The van der Waals surface area contributed by atoms with E-state index < -0.39 is 0 Å². The Bertz CT molecular complexity index is 508. The molecule has 1 aliphatic rings. The summed E-state index contributed by atoms with van der Waals surface area (Å²) in [4.78, 5) is 3.22. The Labute approximate surface area is 102 Å². The number of H-pyrrole nitrogens is 1. The highest BCUT2D eigenvalue weighted by Crippen LogP contribution is 2.39. The van der Waals surface area contributed by atoms with E-state index in [-0.39, 0.29) is 0 Å². The van der Waals surface area contributed by atoms with Crippen LogP contribution in [0.4, 0.5) is 0 Å².